The lowest BCUT2D eigenvalue weighted by Gasteiger charge is -2.40. The van der Waals surface area contributed by atoms with Gasteiger partial charge >= 0.3 is 0 Å². The van der Waals surface area contributed by atoms with Crippen LogP contribution in [-0.2, 0) is 0 Å². The van der Waals surface area contributed by atoms with Crippen molar-refractivity contribution in [3.8, 4) is 17.1 Å². The van der Waals surface area contributed by atoms with Gasteiger partial charge in [-0.25, -0.2) is 9.38 Å². The molecule has 0 saturated carbocycles. The maximum Gasteiger partial charge on any atom is 0.264 e. The van der Waals surface area contributed by atoms with E-state index in [1.165, 1.54) is 11.3 Å². The van der Waals surface area contributed by atoms with Crippen LogP contribution in [0.5, 0.6) is 5.75 Å². The van der Waals surface area contributed by atoms with Gasteiger partial charge in [0.15, 0.2) is 11.5 Å². The molecule has 4 heterocycles. The van der Waals surface area contributed by atoms with Crippen LogP contribution in [0.2, 0.25) is 0 Å². The number of methoxy groups -OCH3 is 1. The minimum absolute atomic E-state index is 0.0302. The van der Waals surface area contributed by atoms with Gasteiger partial charge in [0.25, 0.3) is 5.91 Å². The summed E-state index contributed by atoms with van der Waals surface area (Å²) in [6, 6.07) is 19.6. The molecule has 1 unspecified atom stereocenters. The Morgan fingerprint density at radius 3 is 2.60 bits per heavy atom. The number of carbonyl (C=O) groups excluding carboxylic acids is 1. The molecule has 1 fully saturated rings. The van der Waals surface area contributed by atoms with Gasteiger partial charge in [-0.15, -0.1) is 21.5 Å². The van der Waals surface area contributed by atoms with E-state index in [4.69, 9.17) is 9.72 Å². The summed E-state index contributed by atoms with van der Waals surface area (Å²) < 4.78 is 7.36. The molecule has 9 heteroatoms. The summed E-state index contributed by atoms with van der Waals surface area (Å²) in [5.41, 5.74) is 2.56. The smallest absolute Gasteiger partial charge is 0.264 e. The number of aromatic nitrogens is 4. The molecule has 1 saturated heterocycles. The van der Waals surface area contributed by atoms with Crippen molar-refractivity contribution in [1.82, 2.24) is 24.5 Å². The van der Waals surface area contributed by atoms with Gasteiger partial charge in [0.1, 0.15) is 5.75 Å². The highest BCUT2D eigenvalue weighted by Gasteiger charge is 2.31. The molecule has 0 radical (unpaired) electrons. The largest absolute Gasteiger partial charge is 0.497 e. The first-order chi connectivity index (χ1) is 17.1. The Bertz CT molecular complexity index is 1510. The van der Waals surface area contributed by atoms with Gasteiger partial charge in [0.2, 0.25) is 5.95 Å². The highest BCUT2D eigenvalue weighted by atomic mass is 32.1. The fraction of sp³-hybridized carbons (Fsp3) is 0.231. The van der Waals surface area contributed by atoms with Crippen molar-refractivity contribution in [2.24, 2.45) is 0 Å². The second kappa shape index (κ2) is 8.66. The lowest BCUT2D eigenvalue weighted by Crippen LogP contribution is -2.54. The number of hydrogen-bond donors (Lipinski definition) is 0. The normalized spacial score (nSPS) is 16.2. The van der Waals surface area contributed by atoms with Gasteiger partial charge in [-0.2, -0.15) is 0 Å². The summed E-state index contributed by atoms with van der Waals surface area (Å²) in [5.74, 6) is 2.38. The zero-order valence-electron chi connectivity index (χ0n) is 19.5. The maximum absolute atomic E-state index is 13.0. The molecule has 3 aromatic heterocycles. The van der Waals surface area contributed by atoms with Crippen LogP contribution in [0.1, 0.15) is 16.6 Å². The Kier molecular flexibility index (Phi) is 5.33. The van der Waals surface area contributed by atoms with Gasteiger partial charge in [-0.3, -0.25) is 4.79 Å². The molecule has 0 spiro atoms. The number of para-hydroxylation sites is 1. The van der Waals surface area contributed by atoms with Gasteiger partial charge in [0.05, 0.1) is 17.5 Å². The van der Waals surface area contributed by atoms with E-state index >= 15 is 0 Å². The predicted molar refractivity (Wildman–Crippen MR) is 137 cm³/mol. The highest BCUT2D eigenvalue weighted by molar-refractivity contribution is 7.12. The van der Waals surface area contributed by atoms with Crippen LogP contribution in [0.25, 0.3) is 27.9 Å². The number of amides is 1. The van der Waals surface area contributed by atoms with Crippen LogP contribution in [-0.4, -0.2) is 63.2 Å². The minimum Gasteiger partial charge on any atom is -0.497 e. The summed E-state index contributed by atoms with van der Waals surface area (Å²) in [5, 5.41) is 12.0. The predicted octanol–water partition coefficient (Wildman–Crippen LogP) is 4.37. The van der Waals surface area contributed by atoms with E-state index in [2.05, 4.69) is 22.0 Å². The summed E-state index contributed by atoms with van der Waals surface area (Å²) in [6.07, 6.45) is 0. The van der Waals surface area contributed by atoms with Crippen LogP contribution in [0.15, 0.2) is 66.0 Å². The van der Waals surface area contributed by atoms with Crippen molar-refractivity contribution in [2.75, 3.05) is 31.6 Å². The van der Waals surface area contributed by atoms with Crippen LogP contribution in [0, 0.1) is 0 Å². The quantitative estimate of drug-likeness (QED) is 0.377. The van der Waals surface area contributed by atoms with Crippen LogP contribution >= 0.6 is 11.3 Å². The number of rotatable bonds is 4. The molecule has 176 valence electrons. The van der Waals surface area contributed by atoms with Crippen molar-refractivity contribution in [2.45, 2.75) is 13.0 Å². The maximum atomic E-state index is 13.0. The highest BCUT2D eigenvalue weighted by Crippen LogP contribution is 2.30. The van der Waals surface area contributed by atoms with Gasteiger partial charge < -0.3 is 14.5 Å². The van der Waals surface area contributed by atoms with Crippen molar-refractivity contribution in [3.63, 3.8) is 0 Å². The number of carbonyl (C=O) groups is 1. The number of anilines is 1. The van der Waals surface area contributed by atoms with E-state index in [9.17, 15) is 4.79 Å². The van der Waals surface area contributed by atoms with Crippen LogP contribution in [0.3, 0.4) is 0 Å². The zero-order chi connectivity index (χ0) is 23.9. The Morgan fingerprint density at radius 2 is 1.86 bits per heavy atom. The lowest BCUT2D eigenvalue weighted by molar-refractivity contribution is 0.0678. The summed E-state index contributed by atoms with van der Waals surface area (Å²) in [7, 11) is 1.65. The van der Waals surface area contributed by atoms with E-state index in [0.29, 0.717) is 19.6 Å². The first-order valence-electron chi connectivity index (χ1n) is 11.5. The average Bonchev–Trinajstić information content (AvgIpc) is 3.59. The van der Waals surface area contributed by atoms with Crippen molar-refractivity contribution < 1.29 is 9.53 Å². The van der Waals surface area contributed by atoms with E-state index in [-0.39, 0.29) is 11.9 Å². The van der Waals surface area contributed by atoms with Crippen molar-refractivity contribution in [1.29, 1.82) is 0 Å². The monoisotopic (exact) mass is 484 g/mol. The van der Waals surface area contributed by atoms with E-state index in [0.717, 1.165) is 44.5 Å². The SMILES string of the molecule is COc1ccc(-c2nnc3c4ccccc4nc(N4CCN(C(=O)c5cccs5)C(C)C4)n23)cc1. The number of fused-ring (bicyclic) bond motifs is 3. The topological polar surface area (TPSA) is 75.9 Å². The Labute approximate surface area is 206 Å². The Balaban J connectivity index is 1.43. The number of thiophene rings is 1. The second-order valence-corrected chi connectivity index (χ2v) is 9.56. The fourth-order valence-electron chi connectivity index (χ4n) is 4.69. The summed E-state index contributed by atoms with van der Waals surface area (Å²) >= 11 is 1.48. The van der Waals surface area contributed by atoms with Gasteiger partial charge in [0, 0.05) is 36.6 Å². The molecule has 0 N–H and O–H groups in total. The number of piperazine rings is 1. The zero-order valence-corrected chi connectivity index (χ0v) is 20.3. The molecule has 1 amide bonds. The number of benzene rings is 2. The van der Waals surface area contributed by atoms with Gasteiger partial charge in [-0.1, -0.05) is 18.2 Å². The van der Waals surface area contributed by atoms with Gasteiger partial charge in [-0.05, 0) is 54.8 Å². The minimum atomic E-state index is 0.0302. The van der Waals surface area contributed by atoms with Crippen LogP contribution in [0.4, 0.5) is 5.95 Å². The third-order valence-corrected chi connectivity index (χ3v) is 7.34. The molecule has 8 nitrogen and oxygen atoms in total. The number of hydrogen-bond acceptors (Lipinski definition) is 7. The molecule has 0 aliphatic carbocycles. The molecule has 1 atom stereocenters. The molecule has 2 aromatic carbocycles. The fourth-order valence-corrected chi connectivity index (χ4v) is 5.37. The first-order valence-corrected chi connectivity index (χ1v) is 12.4. The molecule has 1 aliphatic heterocycles. The number of nitrogens with zero attached hydrogens (tertiary/aromatic N) is 6. The molecular weight excluding hydrogens is 460 g/mol. The molecule has 0 bridgehead atoms. The molecular formula is C26H24N6O2S. The summed E-state index contributed by atoms with van der Waals surface area (Å²) in [4.78, 5) is 23.0. The Morgan fingerprint density at radius 1 is 1.03 bits per heavy atom. The second-order valence-electron chi connectivity index (χ2n) is 8.61. The third-order valence-electron chi connectivity index (χ3n) is 6.48. The number of ether oxygens (including phenoxy) is 1. The van der Waals surface area contributed by atoms with E-state index < -0.39 is 0 Å². The van der Waals surface area contributed by atoms with E-state index in [1.54, 1.807) is 7.11 Å². The third kappa shape index (κ3) is 3.68. The molecule has 6 rings (SSSR count). The first kappa shape index (κ1) is 21.5. The average molecular weight is 485 g/mol. The molecule has 5 aromatic rings. The molecule has 1 aliphatic rings. The van der Waals surface area contributed by atoms with Crippen molar-refractivity contribution >= 4 is 39.7 Å². The lowest BCUT2D eigenvalue weighted by atomic mass is 10.1. The summed E-state index contributed by atoms with van der Waals surface area (Å²) in [6.45, 7) is 4.04. The van der Waals surface area contributed by atoms with Crippen LogP contribution < -0.4 is 9.64 Å². The standard InChI is InChI=1S/C26H24N6O2S/c1-17-16-30(13-14-31(17)25(33)22-8-5-15-35-22)26-27-21-7-4-3-6-20(21)24-29-28-23(32(24)26)18-9-11-19(34-2)12-10-18/h3-12,15,17H,13-14,16H2,1-2H3. The van der Waals surface area contributed by atoms with E-state index in [1.807, 2.05) is 75.3 Å². The van der Waals surface area contributed by atoms with Crippen molar-refractivity contribution in [3.05, 3.63) is 70.9 Å². The Hall–Kier alpha value is -3.98. The molecule has 35 heavy (non-hydrogen) atoms.